The Balaban J connectivity index is 1.93. The summed E-state index contributed by atoms with van der Waals surface area (Å²) in [5.41, 5.74) is 5.87. The molecule has 2 rings (SSSR count). The Morgan fingerprint density at radius 1 is 1.56 bits per heavy atom. The molecule has 16 heavy (non-hydrogen) atoms. The summed E-state index contributed by atoms with van der Waals surface area (Å²) in [5.74, 6) is 1.91. The molecule has 3 heteroatoms. The lowest BCUT2D eigenvalue weighted by Gasteiger charge is -2.38. The first kappa shape index (κ1) is 11.7. The van der Waals surface area contributed by atoms with Crippen LogP contribution in [0, 0.1) is 5.92 Å². The maximum atomic E-state index is 5.87. The Morgan fingerprint density at radius 3 is 3.06 bits per heavy atom. The molecule has 1 aromatic heterocycles. The lowest BCUT2D eigenvalue weighted by Crippen LogP contribution is -2.45. The van der Waals surface area contributed by atoms with Crippen LogP contribution < -0.4 is 5.73 Å². The van der Waals surface area contributed by atoms with Crippen LogP contribution in [0.5, 0.6) is 0 Å². The Labute approximate surface area is 97.6 Å². The summed E-state index contributed by atoms with van der Waals surface area (Å²) in [4.78, 5) is 2.46. The van der Waals surface area contributed by atoms with Gasteiger partial charge in [-0.05, 0) is 37.4 Å². The summed E-state index contributed by atoms with van der Waals surface area (Å²) >= 11 is 0. The van der Waals surface area contributed by atoms with E-state index >= 15 is 0 Å². The molecule has 1 aromatic rings. The Hall–Kier alpha value is -0.800. The van der Waals surface area contributed by atoms with Gasteiger partial charge in [0.2, 0.25) is 0 Å². The summed E-state index contributed by atoms with van der Waals surface area (Å²) in [6, 6.07) is 4.52. The highest BCUT2D eigenvalue weighted by Gasteiger charge is 2.26. The van der Waals surface area contributed by atoms with E-state index < -0.39 is 0 Å². The predicted molar refractivity (Wildman–Crippen MR) is 65.0 cm³/mol. The van der Waals surface area contributed by atoms with Gasteiger partial charge < -0.3 is 10.2 Å². The molecule has 1 fully saturated rings. The van der Waals surface area contributed by atoms with Gasteiger partial charge in [-0.15, -0.1) is 0 Å². The molecule has 1 aliphatic rings. The van der Waals surface area contributed by atoms with E-state index in [1.54, 1.807) is 6.26 Å². The summed E-state index contributed by atoms with van der Waals surface area (Å²) in [6.07, 6.45) is 5.57. The highest BCUT2D eigenvalue weighted by Crippen LogP contribution is 2.26. The van der Waals surface area contributed by atoms with E-state index in [-0.39, 0.29) is 0 Å². The number of furan rings is 1. The number of nitrogens with two attached hydrogens (primary N) is 1. The van der Waals surface area contributed by atoms with E-state index in [1.807, 2.05) is 12.1 Å². The fourth-order valence-corrected chi connectivity index (χ4v) is 2.61. The van der Waals surface area contributed by atoms with Crippen molar-refractivity contribution in [1.82, 2.24) is 4.90 Å². The van der Waals surface area contributed by atoms with E-state index in [9.17, 15) is 0 Å². The molecule has 1 saturated heterocycles. The third kappa shape index (κ3) is 2.66. The van der Waals surface area contributed by atoms with E-state index in [0.717, 1.165) is 31.3 Å². The molecule has 0 spiro atoms. The largest absolute Gasteiger partial charge is 0.468 e. The second-order valence-corrected chi connectivity index (χ2v) is 4.74. The van der Waals surface area contributed by atoms with Gasteiger partial charge in [0.05, 0.1) is 12.8 Å². The molecule has 0 amide bonds. The van der Waals surface area contributed by atoms with Crippen LogP contribution in [0.25, 0.3) is 0 Å². The fraction of sp³-hybridized carbons (Fsp3) is 0.692. The van der Waals surface area contributed by atoms with Gasteiger partial charge in [0, 0.05) is 12.6 Å². The fourth-order valence-electron chi connectivity index (χ4n) is 2.61. The zero-order chi connectivity index (χ0) is 11.4. The molecule has 3 nitrogen and oxygen atoms in total. The van der Waals surface area contributed by atoms with Crippen LogP contribution in [-0.4, -0.2) is 24.0 Å². The van der Waals surface area contributed by atoms with Gasteiger partial charge in [-0.25, -0.2) is 0 Å². The number of rotatable bonds is 4. The minimum atomic E-state index is 0.531. The molecule has 2 atom stereocenters. The first-order chi connectivity index (χ1) is 7.83. The number of likely N-dealkylation sites (tertiary alicyclic amines) is 1. The Kier molecular flexibility index (Phi) is 4.02. The standard InChI is InChI=1S/C13H22N2O/c1-2-11-5-6-15(12(8-11)9-14)10-13-4-3-7-16-13/h3-4,7,11-12H,2,5-6,8-10,14H2,1H3. The molecular weight excluding hydrogens is 200 g/mol. The predicted octanol–water partition coefficient (Wildman–Crippen LogP) is 2.23. The minimum absolute atomic E-state index is 0.531. The van der Waals surface area contributed by atoms with Crippen LogP contribution in [0.3, 0.4) is 0 Å². The molecule has 0 saturated carbocycles. The topological polar surface area (TPSA) is 42.4 Å². The van der Waals surface area contributed by atoms with E-state index in [4.69, 9.17) is 10.2 Å². The maximum Gasteiger partial charge on any atom is 0.117 e. The van der Waals surface area contributed by atoms with Crippen LogP contribution in [0.1, 0.15) is 31.9 Å². The van der Waals surface area contributed by atoms with Crippen molar-refractivity contribution >= 4 is 0 Å². The van der Waals surface area contributed by atoms with Gasteiger partial charge in [-0.3, -0.25) is 4.90 Å². The van der Waals surface area contributed by atoms with Gasteiger partial charge in [0.15, 0.2) is 0 Å². The summed E-state index contributed by atoms with van der Waals surface area (Å²) in [6.45, 7) is 5.10. The molecule has 2 N–H and O–H groups in total. The van der Waals surface area contributed by atoms with Gasteiger partial charge in [0.1, 0.15) is 5.76 Å². The zero-order valence-corrected chi connectivity index (χ0v) is 10.1. The van der Waals surface area contributed by atoms with Gasteiger partial charge in [-0.1, -0.05) is 13.3 Å². The second-order valence-electron chi connectivity index (χ2n) is 4.74. The van der Waals surface area contributed by atoms with Crippen molar-refractivity contribution in [2.24, 2.45) is 11.7 Å². The molecule has 0 radical (unpaired) electrons. The number of hydrogen-bond acceptors (Lipinski definition) is 3. The quantitative estimate of drug-likeness (QED) is 0.849. The molecule has 2 unspecified atom stereocenters. The van der Waals surface area contributed by atoms with Crippen molar-refractivity contribution in [2.45, 2.75) is 38.8 Å². The molecule has 0 aliphatic carbocycles. The average molecular weight is 222 g/mol. The number of nitrogens with zero attached hydrogens (tertiary/aromatic N) is 1. The minimum Gasteiger partial charge on any atom is -0.468 e. The third-order valence-electron chi connectivity index (χ3n) is 3.73. The van der Waals surface area contributed by atoms with Crippen LogP contribution in [0.4, 0.5) is 0 Å². The molecule has 90 valence electrons. The molecule has 0 aromatic carbocycles. The highest BCUT2D eigenvalue weighted by molar-refractivity contribution is 4.99. The monoisotopic (exact) mass is 222 g/mol. The third-order valence-corrected chi connectivity index (χ3v) is 3.73. The van der Waals surface area contributed by atoms with Crippen molar-refractivity contribution < 1.29 is 4.42 Å². The maximum absolute atomic E-state index is 5.87. The van der Waals surface area contributed by atoms with Crippen molar-refractivity contribution in [2.75, 3.05) is 13.1 Å². The normalized spacial score (nSPS) is 27.1. The number of piperidine rings is 1. The molecule has 1 aliphatic heterocycles. The highest BCUT2D eigenvalue weighted by atomic mass is 16.3. The van der Waals surface area contributed by atoms with Crippen molar-refractivity contribution in [1.29, 1.82) is 0 Å². The van der Waals surface area contributed by atoms with E-state index in [0.29, 0.717) is 6.04 Å². The van der Waals surface area contributed by atoms with Crippen LogP contribution in [-0.2, 0) is 6.54 Å². The van der Waals surface area contributed by atoms with E-state index in [2.05, 4.69) is 11.8 Å². The summed E-state index contributed by atoms with van der Waals surface area (Å²) < 4.78 is 5.40. The van der Waals surface area contributed by atoms with Crippen LogP contribution in [0.2, 0.25) is 0 Å². The van der Waals surface area contributed by atoms with Gasteiger partial charge in [0.25, 0.3) is 0 Å². The van der Waals surface area contributed by atoms with Crippen molar-refractivity contribution in [3.8, 4) is 0 Å². The molecular formula is C13H22N2O. The molecule has 2 heterocycles. The SMILES string of the molecule is CCC1CCN(Cc2ccco2)C(CN)C1. The van der Waals surface area contributed by atoms with Gasteiger partial charge in [-0.2, -0.15) is 0 Å². The lowest BCUT2D eigenvalue weighted by atomic mass is 9.89. The van der Waals surface area contributed by atoms with Crippen LogP contribution >= 0.6 is 0 Å². The number of hydrogen-bond donors (Lipinski definition) is 1. The van der Waals surface area contributed by atoms with Gasteiger partial charge >= 0.3 is 0 Å². The van der Waals surface area contributed by atoms with E-state index in [1.165, 1.54) is 19.3 Å². The first-order valence-electron chi connectivity index (χ1n) is 6.30. The summed E-state index contributed by atoms with van der Waals surface area (Å²) in [7, 11) is 0. The molecule has 0 bridgehead atoms. The Morgan fingerprint density at radius 2 is 2.44 bits per heavy atom. The first-order valence-corrected chi connectivity index (χ1v) is 6.30. The van der Waals surface area contributed by atoms with Crippen molar-refractivity contribution in [3.05, 3.63) is 24.2 Å². The summed E-state index contributed by atoms with van der Waals surface area (Å²) in [5, 5.41) is 0. The lowest BCUT2D eigenvalue weighted by molar-refractivity contribution is 0.0999. The Bertz CT molecular complexity index is 297. The average Bonchev–Trinajstić information content (AvgIpc) is 2.82. The van der Waals surface area contributed by atoms with Crippen LogP contribution in [0.15, 0.2) is 22.8 Å². The smallest absolute Gasteiger partial charge is 0.117 e. The van der Waals surface area contributed by atoms with Crippen molar-refractivity contribution in [3.63, 3.8) is 0 Å². The zero-order valence-electron chi connectivity index (χ0n) is 10.1. The second kappa shape index (κ2) is 5.51.